The van der Waals surface area contributed by atoms with Crippen molar-refractivity contribution in [3.8, 4) is 22.8 Å². The van der Waals surface area contributed by atoms with E-state index < -0.39 is 0 Å². The molecule has 0 saturated carbocycles. The molecule has 0 atom stereocenters. The number of fused-ring (bicyclic) bond motifs is 1. The maximum Gasteiger partial charge on any atom is 0.200 e. The van der Waals surface area contributed by atoms with Crippen LogP contribution in [0, 0.1) is 18.6 Å². The van der Waals surface area contributed by atoms with Gasteiger partial charge in [0.15, 0.2) is 10.6 Å². The van der Waals surface area contributed by atoms with E-state index in [2.05, 4.69) is 41.2 Å². The molecule has 2 aromatic carbocycles. The monoisotopic (exact) mass is 384 g/mol. The Morgan fingerprint density at radius 1 is 1.15 bits per heavy atom. The molecule has 4 aromatic rings. The normalized spacial score (nSPS) is 11.2. The van der Waals surface area contributed by atoms with Crippen LogP contribution in [0.1, 0.15) is 11.3 Å². The van der Waals surface area contributed by atoms with E-state index in [-0.39, 0.29) is 0 Å². The summed E-state index contributed by atoms with van der Waals surface area (Å²) < 4.78 is 7.81. The second-order valence-corrected chi connectivity index (χ2v) is 6.96. The number of H-pyrrole nitrogens is 2. The number of hydrogen-bond acceptors (Lipinski definition) is 3. The predicted octanol–water partition coefficient (Wildman–Crippen LogP) is 5.36. The third-order valence-corrected chi connectivity index (χ3v) is 5.13. The molecule has 5 nitrogen and oxygen atoms in total. The molecule has 2 heterocycles. The Hall–Kier alpha value is -2.57. The maximum absolute atomic E-state index is 6.21. The lowest BCUT2D eigenvalue weighted by Crippen LogP contribution is -2.01. The van der Waals surface area contributed by atoms with Crippen LogP contribution in [-0.2, 0) is 0 Å². The highest BCUT2D eigenvalue weighted by Crippen LogP contribution is 2.32. The molecule has 7 heteroatoms. The fraction of sp³-hybridized carbons (Fsp3) is 0.158. The third kappa shape index (κ3) is 2.62. The van der Waals surface area contributed by atoms with Gasteiger partial charge in [0.1, 0.15) is 5.75 Å². The minimum absolute atomic E-state index is 0.475. The van der Waals surface area contributed by atoms with Crippen molar-refractivity contribution in [3.63, 3.8) is 0 Å². The summed E-state index contributed by atoms with van der Waals surface area (Å²) in [4.78, 5) is 3.39. The first-order valence-corrected chi connectivity index (χ1v) is 8.89. The van der Waals surface area contributed by atoms with Crippen molar-refractivity contribution in [1.29, 1.82) is 0 Å². The second kappa shape index (κ2) is 6.30. The van der Waals surface area contributed by atoms with Crippen LogP contribution in [0.5, 0.6) is 5.75 Å². The van der Waals surface area contributed by atoms with Crippen molar-refractivity contribution < 1.29 is 4.74 Å². The van der Waals surface area contributed by atoms with E-state index in [0.717, 1.165) is 22.5 Å². The van der Waals surface area contributed by atoms with Gasteiger partial charge in [0.25, 0.3) is 0 Å². The molecule has 0 aliphatic rings. The van der Waals surface area contributed by atoms with Crippen molar-refractivity contribution in [2.75, 3.05) is 7.11 Å². The quantitative estimate of drug-likeness (QED) is 0.467. The fourth-order valence-corrected chi connectivity index (χ4v) is 3.55. The molecule has 4 rings (SSSR count). The Balaban J connectivity index is 1.97. The van der Waals surface area contributed by atoms with Crippen molar-refractivity contribution in [2.45, 2.75) is 13.8 Å². The van der Waals surface area contributed by atoms with Crippen LogP contribution < -0.4 is 4.74 Å². The highest BCUT2D eigenvalue weighted by Gasteiger charge is 2.16. The van der Waals surface area contributed by atoms with E-state index in [4.69, 9.17) is 28.6 Å². The van der Waals surface area contributed by atoms with Gasteiger partial charge in [-0.2, -0.15) is 5.10 Å². The van der Waals surface area contributed by atoms with Crippen LogP contribution in [-0.4, -0.2) is 26.9 Å². The van der Waals surface area contributed by atoms with Crippen LogP contribution >= 0.6 is 23.8 Å². The number of aryl methyl sites for hydroxylation is 2. The van der Waals surface area contributed by atoms with Crippen molar-refractivity contribution >= 4 is 34.7 Å². The van der Waals surface area contributed by atoms with Crippen LogP contribution in [0.4, 0.5) is 0 Å². The molecule has 0 amide bonds. The van der Waals surface area contributed by atoms with E-state index in [1.807, 2.05) is 22.8 Å². The summed E-state index contributed by atoms with van der Waals surface area (Å²) in [6.45, 7) is 4.18. The van der Waals surface area contributed by atoms with Gasteiger partial charge in [-0.3, -0.25) is 9.67 Å². The van der Waals surface area contributed by atoms with Gasteiger partial charge in [-0.1, -0.05) is 11.6 Å². The molecule has 0 aliphatic carbocycles. The maximum atomic E-state index is 6.21. The number of nitrogens with zero attached hydrogens (tertiary/aromatic N) is 2. The number of ether oxygens (including phenoxy) is 1. The Bertz CT molecular complexity index is 1190. The van der Waals surface area contributed by atoms with Crippen molar-refractivity contribution in [1.82, 2.24) is 19.7 Å². The SMILES string of the molecule is COc1ccc(Cl)cc1-n1c(-c2ccc3[nH]c(C)c(C)c3c2)n[nH]c1=S. The lowest BCUT2D eigenvalue weighted by atomic mass is 10.1. The number of halogens is 1. The number of hydrogen-bond donors (Lipinski definition) is 2. The molecule has 0 aliphatic heterocycles. The Morgan fingerprint density at radius 3 is 2.73 bits per heavy atom. The molecule has 0 radical (unpaired) electrons. The van der Waals surface area contributed by atoms with Crippen LogP contribution in [0.25, 0.3) is 28.0 Å². The Morgan fingerprint density at radius 2 is 1.96 bits per heavy atom. The molecule has 2 N–H and O–H groups in total. The number of benzene rings is 2. The second-order valence-electron chi connectivity index (χ2n) is 6.14. The zero-order valence-electron chi connectivity index (χ0n) is 14.6. The van der Waals surface area contributed by atoms with Gasteiger partial charge < -0.3 is 9.72 Å². The molecule has 2 aromatic heterocycles. The average molecular weight is 385 g/mol. The first-order valence-electron chi connectivity index (χ1n) is 8.10. The molecule has 26 heavy (non-hydrogen) atoms. The van der Waals surface area contributed by atoms with Gasteiger partial charge in [-0.15, -0.1) is 0 Å². The van der Waals surface area contributed by atoms with Gasteiger partial charge in [0.2, 0.25) is 0 Å². The lowest BCUT2D eigenvalue weighted by molar-refractivity contribution is 0.413. The molecular weight excluding hydrogens is 368 g/mol. The average Bonchev–Trinajstić information content (AvgIpc) is 3.15. The van der Waals surface area contributed by atoms with E-state index >= 15 is 0 Å². The number of aromatic amines is 2. The first-order chi connectivity index (χ1) is 12.5. The summed E-state index contributed by atoms with van der Waals surface area (Å²) in [5.41, 5.74) is 5.19. The van der Waals surface area contributed by atoms with Crippen LogP contribution in [0.2, 0.25) is 5.02 Å². The van der Waals surface area contributed by atoms with E-state index in [0.29, 0.717) is 21.4 Å². The number of methoxy groups -OCH3 is 1. The first kappa shape index (κ1) is 16.9. The summed E-state index contributed by atoms with van der Waals surface area (Å²) >= 11 is 11.7. The molecular formula is C19H17ClN4OS. The summed E-state index contributed by atoms with van der Waals surface area (Å²) in [6.07, 6.45) is 0. The van der Waals surface area contributed by atoms with Gasteiger partial charge in [0, 0.05) is 27.2 Å². The van der Waals surface area contributed by atoms with Gasteiger partial charge in [-0.25, -0.2) is 0 Å². The predicted molar refractivity (Wildman–Crippen MR) is 107 cm³/mol. The van der Waals surface area contributed by atoms with Gasteiger partial charge in [-0.05, 0) is 68.0 Å². The highest BCUT2D eigenvalue weighted by molar-refractivity contribution is 7.71. The lowest BCUT2D eigenvalue weighted by Gasteiger charge is -2.12. The number of aromatic nitrogens is 4. The molecule has 0 unspecified atom stereocenters. The summed E-state index contributed by atoms with van der Waals surface area (Å²) in [7, 11) is 1.62. The summed E-state index contributed by atoms with van der Waals surface area (Å²) in [5.74, 6) is 1.37. The van der Waals surface area contributed by atoms with Crippen LogP contribution in [0.15, 0.2) is 36.4 Å². The molecule has 0 bridgehead atoms. The number of rotatable bonds is 3. The Labute approximate surface area is 160 Å². The molecule has 0 spiro atoms. The third-order valence-electron chi connectivity index (χ3n) is 4.62. The minimum Gasteiger partial charge on any atom is -0.495 e. The number of nitrogens with one attached hydrogen (secondary N) is 2. The smallest absolute Gasteiger partial charge is 0.200 e. The van der Waals surface area contributed by atoms with Crippen LogP contribution in [0.3, 0.4) is 0 Å². The van der Waals surface area contributed by atoms with Crippen molar-refractivity contribution in [2.24, 2.45) is 0 Å². The zero-order valence-corrected chi connectivity index (χ0v) is 16.1. The highest BCUT2D eigenvalue weighted by atomic mass is 35.5. The zero-order chi connectivity index (χ0) is 18.4. The Kier molecular flexibility index (Phi) is 4.09. The minimum atomic E-state index is 0.475. The largest absolute Gasteiger partial charge is 0.495 e. The summed E-state index contributed by atoms with van der Waals surface area (Å²) in [6, 6.07) is 11.6. The van der Waals surface area contributed by atoms with E-state index in [9.17, 15) is 0 Å². The summed E-state index contributed by atoms with van der Waals surface area (Å²) in [5, 5.41) is 9.09. The molecule has 0 saturated heterocycles. The standard InChI is InChI=1S/C19H17ClN4OS/c1-10-11(2)21-15-6-4-12(8-14(10)15)18-22-23-19(26)24(18)16-9-13(20)5-7-17(16)25-3/h4-9,21H,1-3H3,(H,23,26). The molecule has 132 valence electrons. The molecule has 0 fully saturated rings. The fourth-order valence-electron chi connectivity index (χ4n) is 3.15. The van der Waals surface area contributed by atoms with Gasteiger partial charge >= 0.3 is 0 Å². The topological polar surface area (TPSA) is 58.6 Å². The van der Waals surface area contributed by atoms with Gasteiger partial charge in [0.05, 0.1) is 12.8 Å². The van der Waals surface area contributed by atoms with E-state index in [1.165, 1.54) is 10.9 Å². The van der Waals surface area contributed by atoms with Crippen molar-refractivity contribution in [3.05, 3.63) is 57.4 Å². The van der Waals surface area contributed by atoms with E-state index in [1.54, 1.807) is 13.2 Å².